The maximum atomic E-state index is 10.3. The molecule has 3 rings (SSSR count). The molecule has 0 unspecified atom stereocenters. The van der Waals surface area contributed by atoms with Gasteiger partial charge in [-0.15, -0.1) is 0 Å². The highest BCUT2D eigenvalue weighted by Gasteiger charge is 2.58. The van der Waals surface area contributed by atoms with Crippen molar-refractivity contribution in [3.63, 3.8) is 0 Å². The summed E-state index contributed by atoms with van der Waals surface area (Å²) in [6, 6.07) is 9.88. The number of hydrogen-bond donors (Lipinski definition) is 2. The first-order chi connectivity index (χ1) is 9.22. The number of rotatable bonds is 4. The highest BCUT2D eigenvalue weighted by Crippen LogP contribution is 2.52. The number of aliphatic hydroxyl groups is 2. The van der Waals surface area contributed by atoms with Gasteiger partial charge in [-0.2, -0.15) is 0 Å². The van der Waals surface area contributed by atoms with Crippen LogP contribution in [0.2, 0.25) is 0 Å². The van der Waals surface area contributed by atoms with Crippen molar-refractivity contribution in [3.8, 4) is 0 Å². The Labute approximate surface area is 113 Å². The molecule has 1 aliphatic carbocycles. The molecule has 0 bridgehead atoms. The maximum Gasteiger partial charge on any atom is 0.163 e. The minimum Gasteiger partial charge on any atom is -0.390 e. The lowest BCUT2D eigenvalue weighted by atomic mass is 9.65. The molecule has 4 heteroatoms. The Morgan fingerprint density at radius 3 is 2.53 bits per heavy atom. The van der Waals surface area contributed by atoms with Crippen molar-refractivity contribution in [2.24, 2.45) is 5.41 Å². The molecule has 4 nitrogen and oxygen atoms in total. The lowest BCUT2D eigenvalue weighted by Gasteiger charge is -2.42. The monoisotopic (exact) mass is 264 g/mol. The van der Waals surface area contributed by atoms with Crippen LogP contribution in [0.4, 0.5) is 0 Å². The van der Waals surface area contributed by atoms with E-state index in [0.29, 0.717) is 13.2 Å². The zero-order chi connectivity index (χ0) is 13.3. The van der Waals surface area contributed by atoms with Crippen LogP contribution in [-0.4, -0.2) is 35.3 Å². The van der Waals surface area contributed by atoms with Crippen LogP contribution in [0, 0.1) is 5.41 Å². The van der Waals surface area contributed by atoms with Crippen molar-refractivity contribution < 1.29 is 19.7 Å². The van der Waals surface area contributed by atoms with Crippen molar-refractivity contribution in [1.29, 1.82) is 0 Å². The van der Waals surface area contributed by atoms with Crippen LogP contribution in [0.15, 0.2) is 30.3 Å². The number of hydrogen-bond acceptors (Lipinski definition) is 4. The molecule has 3 atom stereocenters. The topological polar surface area (TPSA) is 58.9 Å². The lowest BCUT2D eigenvalue weighted by molar-refractivity contribution is -0.165. The van der Waals surface area contributed by atoms with E-state index < -0.39 is 23.9 Å². The molecule has 0 amide bonds. The number of aliphatic hydroxyl groups excluding tert-OH is 2. The molecule has 19 heavy (non-hydrogen) atoms. The molecular formula is C15H20O4. The largest absolute Gasteiger partial charge is 0.390 e. The fourth-order valence-electron chi connectivity index (χ4n) is 3.02. The summed E-state index contributed by atoms with van der Waals surface area (Å²) in [7, 11) is 0. The number of benzene rings is 1. The fourth-order valence-corrected chi connectivity index (χ4v) is 3.02. The van der Waals surface area contributed by atoms with E-state index in [9.17, 15) is 10.2 Å². The molecule has 0 aromatic heterocycles. The Bertz CT molecular complexity index is 415. The zero-order valence-corrected chi connectivity index (χ0v) is 10.9. The molecule has 1 heterocycles. The van der Waals surface area contributed by atoms with E-state index in [-0.39, 0.29) is 0 Å². The Hall–Kier alpha value is -0.940. The molecule has 2 fully saturated rings. The summed E-state index contributed by atoms with van der Waals surface area (Å²) in [5.74, 6) is 0. The van der Waals surface area contributed by atoms with Gasteiger partial charge in [0.2, 0.25) is 0 Å². The van der Waals surface area contributed by atoms with E-state index in [1.807, 2.05) is 30.3 Å². The minimum atomic E-state index is -0.846. The molecular weight excluding hydrogens is 244 g/mol. The lowest BCUT2D eigenvalue weighted by Crippen LogP contribution is -2.47. The van der Waals surface area contributed by atoms with Crippen molar-refractivity contribution in [1.82, 2.24) is 0 Å². The summed E-state index contributed by atoms with van der Waals surface area (Å²) in [5, 5.41) is 20.2. The summed E-state index contributed by atoms with van der Waals surface area (Å²) in [6.45, 7) is 0.811. The molecule has 1 saturated heterocycles. The molecule has 1 aromatic carbocycles. The average Bonchev–Trinajstić information content (AvgIpc) is 2.62. The van der Waals surface area contributed by atoms with Gasteiger partial charge < -0.3 is 19.7 Å². The quantitative estimate of drug-likeness (QED) is 0.864. The summed E-state index contributed by atoms with van der Waals surface area (Å²) in [6.07, 6.45) is 0.844. The van der Waals surface area contributed by atoms with Gasteiger partial charge in [0.1, 0.15) is 6.10 Å². The van der Waals surface area contributed by atoms with Crippen molar-refractivity contribution >= 4 is 0 Å². The Kier molecular flexibility index (Phi) is 3.58. The third-order valence-corrected chi connectivity index (χ3v) is 4.41. The van der Waals surface area contributed by atoms with E-state index in [0.717, 1.165) is 24.8 Å². The van der Waals surface area contributed by atoms with Crippen LogP contribution in [0.25, 0.3) is 0 Å². The molecule has 104 valence electrons. The van der Waals surface area contributed by atoms with E-state index in [2.05, 4.69) is 0 Å². The molecule has 0 radical (unpaired) electrons. The van der Waals surface area contributed by atoms with Crippen LogP contribution in [-0.2, 0) is 16.1 Å². The van der Waals surface area contributed by atoms with Gasteiger partial charge in [-0.3, -0.25) is 0 Å². The third-order valence-electron chi connectivity index (χ3n) is 4.41. The van der Waals surface area contributed by atoms with Crippen LogP contribution in [0.1, 0.15) is 24.8 Å². The summed E-state index contributed by atoms with van der Waals surface area (Å²) >= 11 is 0. The van der Waals surface area contributed by atoms with Crippen LogP contribution in [0.3, 0.4) is 0 Å². The van der Waals surface area contributed by atoms with Gasteiger partial charge in [0, 0.05) is 5.41 Å². The van der Waals surface area contributed by atoms with Gasteiger partial charge in [0.15, 0.2) is 6.29 Å². The zero-order valence-electron chi connectivity index (χ0n) is 10.9. The molecule has 2 N–H and O–H groups in total. The molecule has 1 aliphatic heterocycles. The van der Waals surface area contributed by atoms with Gasteiger partial charge in [0.05, 0.1) is 19.3 Å². The first-order valence-electron chi connectivity index (χ1n) is 6.86. The van der Waals surface area contributed by atoms with Crippen molar-refractivity contribution in [2.45, 2.75) is 44.4 Å². The van der Waals surface area contributed by atoms with Crippen LogP contribution >= 0.6 is 0 Å². The van der Waals surface area contributed by atoms with Gasteiger partial charge in [-0.1, -0.05) is 36.8 Å². The minimum absolute atomic E-state index is 0.314. The Morgan fingerprint density at radius 1 is 1.21 bits per heavy atom. The summed E-state index contributed by atoms with van der Waals surface area (Å²) in [5.41, 5.74) is 0.662. The Balaban J connectivity index is 1.51. The highest BCUT2D eigenvalue weighted by atomic mass is 16.6. The summed E-state index contributed by atoms with van der Waals surface area (Å²) < 4.78 is 11.0. The standard InChI is InChI=1S/C15H20O4/c16-13-12(19-14(17)15(13)7-4-8-15)10-18-9-11-5-2-1-3-6-11/h1-3,5-6,12-14,16-17H,4,7-10H2/t12-,13-,14-/m1/s1. The first-order valence-corrected chi connectivity index (χ1v) is 6.86. The molecule has 1 saturated carbocycles. The predicted molar refractivity (Wildman–Crippen MR) is 69.3 cm³/mol. The van der Waals surface area contributed by atoms with Crippen LogP contribution < -0.4 is 0 Å². The third kappa shape index (κ3) is 2.30. The maximum absolute atomic E-state index is 10.3. The number of ether oxygens (including phenoxy) is 2. The van der Waals surface area contributed by atoms with E-state index in [1.165, 1.54) is 0 Å². The van der Waals surface area contributed by atoms with Gasteiger partial charge in [-0.05, 0) is 18.4 Å². The molecule has 1 spiro atoms. The van der Waals surface area contributed by atoms with Gasteiger partial charge in [-0.25, -0.2) is 0 Å². The normalized spacial score (nSPS) is 32.4. The van der Waals surface area contributed by atoms with Crippen LogP contribution in [0.5, 0.6) is 0 Å². The Morgan fingerprint density at radius 2 is 1.95 bits per heavy atom. The smallest absolute Gasteiger partial charge is 0.163 e. The van der Waals surface area contributed by atoms with E-state index >= 15 is 0 Å². The van der Waals surface area contributed by atoms with Crippen molar-refractivity contribution in [3.05, 3.63) is 35.9 Å². The van der Waals surface area contributed by atoms with Crippen molar-refractivity contribution in [2.75, 3.05) is 6.61 Å². The van der Waals surface area contributed by atoms with E-state index in [4.69, 9.17) is 9.47 Å². The molecule has 2 aliphatic rings. The SMILES string of the molecule is O[C@@H]1O[C@H](COCc2ccccc2)[C@@H](O)C12CCC2. The summed E-state index contributed by atoms with van der Waals surface area (Å²) in [4.78, 5) is 0. The van der Waals surface area contributed by atoms with E-state index in [1.54, 1.807) is 0 Å². The first kappa shape index (κ1) is 13.1. The second-order valence-corrected chi connectivity index (χ2v) is 5.56. The fraction of sp³-hybridized carbons (Fsp3) is 0.600. The second kappa shape index (κ2) is 5.21. The molecule has 1 aromatic rings. The highest BCUT2D eigenvalue weighted by molar-refractivity contribution is 5.13. The predicted octanol–water partition coefficient (Wildman–Crippen LogP) is 1.45. The average molecular weight is 264 g/mol. The van der Waals surface area contributed by atoms with Gasteiger partial charge in [0.25, 0.3) is 0 Å². The second-order valence-electron chi connectivity index (χ2n) is 5.56. The van der Waals surface area contributed by atoms with Gasteiger partial charge >= 0.3 is 0 Å².